The lowest BCUT2D eigenvalue weighted by atomic mass is 10.1. The normalized spacial score (nSPS) is 10.3. The molecule has 8 nitrogen and oxygen atoms in total. The summed E-state index contributed by atoms with van der Waals surface area (Å²) in [6.45, 7) is 5.40. The van der Waals surface area contributed by atoms with Gasteiger partial charge in [-0.1, -0.05) is 12.6 Å². The molecule has 27 heavy (non-hydrogen) atoms. The molecule has 0 radical (unpaired) electrons. The molecule has 3 rings (SSSR count). The first-order chi connectivity index (χ1) is 13.0. The SMILES string of the molecule is C=CC(=O)N(C)c1ccc(C(=O)Nc2ccc(C)c(-n3cnnn3)c2)cc1. The van der Waals surface area contributed by atoms with Crippen molar-refractivity contribution in [3.63, 3.8) is 0 Å². The van der Waals surface area contributed by atoms with Crippen LogP contribution in [0.3, 0.4) is 0 Å². The van der Waals surface area contributed by atoms with Gasteiger partial charge in [0.25, 0.3) is 5.91 Å². The van der Waals surface area contributed by atoms with Gasteiger partial charge in [0.2, 0.25) is 5.91 Å². The Morgan fingerprint density at radius 3 is 2.56 bits per heavy atom. The highest BCUT2D eigenvalue weighted by atomic mass is 16.2. The molecule has 1 N–H and O–H groups in total. The number of nitrogens with zero attached hydrogens (tertiary/aromatic N) is 5. The fraction of sp³-hybridized carbons (Fsp3) is 0.105. The van der Waals surface area contributed by atoms with E-state index in [1.165, 1.54) is 22.0 Å². The fourth-order valence-electron chi connectivity index (χ4n) is 2.51. The lowest BCUT2D eigenvalue weighted by molar-refractivity contribution is -0.113. The molecule has 1 aromatic heterocycles. The Labute approximate surface area is 156 Å². The van der Waals surface area contributed by atoms with Gasteiger partial charge >= 0.3 is 0 Å². The number of hydrogen-bond donors (Lipinski definition) is 1. The largest absolute Gasteiger partial charge is 0.322 e. The van der Waals surface area contributed by atoms with Crippen molar-refractivity contribution in [3.8, 4) is 5.69 Å². The third-order valence-electron chi connectivity index (χ3n) is 4.08. The molecule has 0 fully saturated rings. The van der Waals surface area contributed by atoms with Crippen LogP contribution in [-0.4, -0.2) is 39.1 Å². The number of likely N-dealkylation sites (N-methyl/N-ethyl adjacent to an activating group) is 1. The Balaban J connectivity index is 1.77. The summed E-state index contributed by atoms with van der Waals surface area (Å²) in [7, 11) is 1.64. The summed E-state index contributed by atoms with van der Waals surface area (Å²) in [4.78, 5) is 25.6. The minimum absolute atomic E-state index is 0.220. The Morgan fingerprint density at radius 2 is 1.93 bits per heavy atom. The average Bonchev–Trinajstić information content (AvgIpc) is 3.23. The minimum atomic E-state index is -0.259. The zero-order valence-corrected chi connectivity index (χ0v) is 15.0. The Morgan fingerprint density at radius 1 is 1.19 bits per heavy atom. The van der Waals surface area contributed by atoms with Crippen LogP contribution in [0.15, 0.2) is 61.4 Å². The molecule has 0 atom stereocenters. The molecule has 2 aromatic carbocycles. The van der Waals surface area contributed by atoms with E-state index in [4.69, 9.17) is 0 Å². The number of nitrogens with one attached hydrogen (secondary N) is 1. The number of carbonyl (C=O) groups is 2. The van der Waals surface area contributed by atoms with Gasteiger partial charge in [0.05, 0.1) is 5.69 Å². The van der Waals surface area contributed by atoms with Crippen molar-refractivity contribution < 1.29 is 9.59 Å². The van der Waals surface area contributed by atoms with Crippen molar-refractivity contribution in [1.82, 2.24) is 20.2 Å². The predicted octanol–water partition coefficient (Wildman–Crippen LogP) is 2.37. The van der Waals surface area contributed by atoms with Gasteiger partial charge in [-0.05, 0) is 65.4 Å². The molecule has 0 aliphatic heterocycles. The third-order valence-corrected chi connectivity index (χ3v) is 4.08. The van der Waals surface area contributed by atoms with E-state index >= 15 is 0 Å². The van der Waals surface area contributed by atoms with Gasteiger partial charge in [-0.3, -0.25) is 9.59 Å². The summed E-state index contributed by atoms with van der Waals surface area (Å²) in [5.41, 5.74) is 3.52. The molecule has 136 valence electrons. The minimum Gasteiger partial charge on any atom is -0.322 e. The van der Waals surface area contributed by atoms with Crippen molar-refractivity contribution in [2.75, 3.05) is 17.3 Å². The second-order valence-electron chi connectivity index (χ2n) is 5.86. The lowest BCUT2D eigenvalue weighted by Gasteiger charge is -2.15. The van der Waals surface area contributed by atoms with Gasteiger partial charge in [-0.15, -0.1) is 5.10 Å². The van der Waals surface area contributed by atoms with E-state index < -0.39 is 0 Å². The highest BCUT2D eigenvalue weighted by Crippen LogP contribution is 2.20. The molecule has 0 unspecified atom stereocenters. The van der Waals surface area contributed by atoms with E-state index in [2.05, 4.69) is 27.4 Å². The van der Waals surface area contributed by atoms with Crippen LogP contribution in [0.25, 0.3) is 5.69 Å². The quantitative estimate of drug-likeness (QED) is 0.704. The smallest absolute Gasteiger partial charge is 0.255 e. The van der Waals surface area contributed by atoms with Gasteiger partial charge in [0.15, 0.2) is 0 Å². The maximum atomic E-state index is 12.5. The zero-order valence-electron chi connectivity index (χ0n) is 15.0. The number of rotatable bonds is 5. The molecule has 0 aliphatic rings. The van der Waals surface area contributed by atoms with E-state index in [0.717, 1.165) is 11.3 Å². The number of carbonyl (C=O) groups excluding carboxylic acids is 2. The van der Waals surface area contributed by atoms with Crippen molar-refractivity contribution in [2.45, 2.75) is 6.92 Å². The standard InChI is InChI=1S/C19H18N6O2/c1-4-18(26)24(3)16-9-6-14(7-10-16)19(27)21-15-8-5-13(2)17(11-15)25-12-20-22-23-25/h4-12H,1H2,2-3H3,(H,21,27). The predicted molar refractivity (Wildman–Crippen MR) is 102 cm³/mol. The number of aromatic nitrogens is 4. The van der Waals surface area contributed by atoms with Crippen LogP contribution < -0.4 is 10.2 Å². The molecule has 0 bridgehead atoms. The van der Waals surface area contributed by atoms with Crippen molar-refractivity contribution in [2.24, 2.45) is 0 Å². The van der Waals surface area contributed by atoms with E-state index in [0.29, 0.717) is 16.9 Å². The molecule has 0 aliphatic carbocycles. The lowest BCUT2D eigenvalue weighted by Crippen LogP contribution is -2.23. The summed E-state index contributed by atoms with van der Waals surface area (Å²) < 4.78 is 1.53. The van der Waals surface area contributed by atoms with Gasteiger partial charge in [0.1, 0.15) is 6.33 Å². The number of anilines is 2. The maximum Gasteiger partial charge on any atom is 0.255 e. The van der Waals surface area contributed by atoms with Crippen LogP contribution in [0, 0.1) is 6.92 Å². The topological polar surface area (TPSA) is 93.0 Å². The number of amides is 2. The van der Waals surface area contributed by atoms with Crippen LogP contribution in [0.1, 0.15) is 15.9 Å². The second-order valence-corrected chi connectivity index (χ2v) is 5.86. The highest BCUT2D eigenvalue weighted by molar-refractivity contribution is 6.05. The zero-order chi connectivity index (χ0) is 19.4. The van der Waals surface area contributed by atoms with Crippen LogP contribution in [0.5, 0.6) is 0 Å². The number of hydrogen-bond acceptors (Lipinski definition) is 5. The van der Waals surface area contributed by atoms with Gasteiger partial charge in [0, 0.05) is 24.0 Å². The third kappa shape index (κ3) is 3.90. The van der Waals surface area contributed by atoms with Crippen LogP contribution >= 0.6 is 0 Å². The summed E-state index contributed by atoms with van der Waals surface area (Å²) >= 11 is 0. The first-order valence-electron chi connectivity index (χ1n) is 8.15. The maximum absolute atomic E-state index is 12.5. The highest BCUT2D eigenvalue weighted by Gasteiger charge is 2.11. The monoisotopic (exact) mass is 362 g/mol. The summed E-state index contributed by atoms with van der Waals surface area (Å²) in [6, 6.07) is 12.2. The van der Waals surface area contributed by atoms with E-state index in [1.807, 2.05) is 19.1 Å². The van der Waals surface area contributed by atoms with Crippen molar-refractivity contribution in [1.29, 1.82) is 0 Å². The van der Waals surface area contributed by atoms with E-state index in [9.17, 15) is 9.59 Å². The number of tetrazole rings is 1. The number of aryl methyl sites for hydroxylation is 1. The average molecular weight is 362 g/mol. The number of benzene rings is 2. The molecule has 0 saturated carbocycles. The summed E-state index contributed by atoms with van der Waals surface area (Å²) in [5.74, 6) is -0.479. The molecule has 0 saturated heterocycles. The molecule has 3 aromatic rings. The Bertz CT molecular complexity index is 980. The van der Waals surface area contributed by atoms with Crippen LogP contribution in [0.4, 0.5) is 11.4 Å². The first kappa shape index (κ1) is 18.0. The van der Waals surface area contributed by atoms with E-state index in [1.54, 1.807) is 37.4 Å². The van der Waals surface area contributed by atoms with Gasteiger partial charge < -0.3 is 10.2 Å². The Hall–Kier alpha value is -3.81. The van der Waals surface area contributed by atoms with Crippen LogP contribution in [-0.2, 0) is 4.79 Å². The molecular formula is C19H18N6O2. The molecule has 0 spiro atoms. The first-order valence-corrected chi connectivity index (χ1v) is 8.15. The second kappa shape index (κ2) is 7.61. The summed E-state index contributed by atoms with van der Waals surface area (Å²) in [5, 5.41) is 14.0. The van der Waals surface area contributed by atoms with Crippen molar-refractivity contribution >= 4 is 23.2 Å². The molecule has 1 heterocycles. The fourth-order valence-corrected chi connectivity index (χ4v) is 2.51. The summed E-state index contributed by atoms with van der Waals surface area (Å²) in [6.07, 6.45) is 2.73. The van der Waals surface area contributed by atoms with Gasteiger partial charge in [-0.25, -0.2) is 4.68 Å². The van der Waals surface area contributed by atoms with Crippen LogP contribution in [0.2, 0.25) is 0 Å². The van der Waals surface area contributed by atoms with E-state index in [-0.39, 0.29) is 11.8 Å². The van der Waals surface area contributed by atoms with Gasteiger partial charge in [-0.2, -0.15) is 0 Å². The molecule has 2 amide bonds. The molecule has 8 heteroatoms. The molecular weight excluding hydrogens is 344 g/mol. The van der Waals surface area contributed by atoms with Crippen molar-refractivity contribution in [3.05, 3.63) is 72.6 Å². The Kier molecular flexibility index (Phi) is 5.07.